The number of benzene rings is 1. The highest BCUT2D eigenvalue weighted by molar-refractivity contribution is 5.80. The van der Waals surface area contributed by atoms with E-state index in [2.05, 4.69) is 20.5 Å². The second-order valence-corrected chi connectivity index (χ2v) is 7.66. The van der Waals surface area contributed by atoms with Gasteiger partial charge in [0.15, 0.2) is 17.2 Å². The first-order chi connectivity index (χ1) is 14.6. The number of pyridine rings is 1. The minimum absolute atomic E-state index is 0.0301. The zero-order valence-electron chi connectivity index (χ0n) is 16.5. The standard InChI is InChI=1S/C21H19FN6O2/c1-11-23-7-16(27(11)2)13-5-18-21(28-10-25-26-20(13)28)24-6-14-15(22)3-4-17-19(14)12(8-29-17)9-30-18/h3-5,7,10,12,24H,6,8-9H2,1-2H3/t12-/m0/s1. The van der Waals surface area contributed by atoms with Crippen LogP contribution >= 0.6 is 0 Å². The van der Waals surface area contributed by atoms with E-state index in [4.69, 9.17) is 9.47 Å². The highest BCUT2D eigenvalue weighted by Crippen LogP contribution is 2.41. The van der Waals surface area contributed by atoms with Gasteiger partial charge in [-0.05, 0) is 25.1 Å². The molecule has 4 aromatic rings. The Labute approximate surface area is 171 Å². The predicted octanol–water partition coefficient (Wildman–Crippen LogP) is 3.06. The lowest BCUT2D eigenvalue weighted by atomic mass is 9.96. The number of ether oxygens (including phenoxy) is 2. The summed E-state index contributed by atoms with van der Waals surface area (Å²) in [5, 5.41) is 11.8. The molecule has 2 aliphatic heterocycles. The molecule has 0 spiro atoms. The van der Waals surface area contributed by atoms with E-state index in [9.17, 15) is 4.39 Å². The average Bonchev–Trinajstić information content (AvgIpc) is 3.46. The van der Waals surface area contributed by atoms with E-state index in [1.165, 1.54) is 6.07 Å². The molecule has 0 amide bonds. The lowest BCUT2D eigenvalue weighted by Crippen LogP contribution is -2.13. The summed E-state index contributed by atoms with van der Waals surface area (Å²) in [7, 11) is 1.96. The Balaban J connectivity index is 1.53. The molecule has 1 atom stereocenters. The second kappa shape index (κ2) is 6.19. The van der Waals surface area contributed by atoms with Gasteiger partial charge in [0.25, 0.3) is 0 Å². The fourth-order valence-electron chi connectivity index (χ4n) is 4.33. The molecule has 1 aromatic carbocycles. The third-order valence-electron chi connectivity index (χ3n) is 6.02. The minimum atomic E-state index is -0.248. The Morgan fingerprint density at radius 2 is 2.03 bits per heavy atom. The van der Waals surface area contributed by atoms with Gasteiger partial charge in [0.1, 0.15) is 23.7 Å². The maximum Gasteiger partial charge on any atom is 0.171 e. The number of nitrogens with one attached hydrogen (secondary N) is 1. The molecule has 2 aliphatic rings. The zero-order chi connectivity index (χ0) is 20.4. The first-order valence-electron chi connectivity index (χ1n) is 9.78. The van der Waals surface area contributed by atoms with Gasteiger partial charge < -0.3 is 19.4 Å². The highest BCUT2D eigenvalue weighted by atomic mass is 19.1. The van der Waals surface area contributed by atoms with E-state index in [0.717, 1.165) is 28.4 Å². The molecular formula is C21H19FN6O2. The lowest BCUT2D eigenvalue weighted by Gasteiger charge is -2.16. The second-order valence-electron chi connectivity index (χ2n) is 7.66. The van der Waals surface area contributed by atoms with Gasteiger partial charge in [0.05, 0.1) is 31.0 Å². The maximum absolute atomic E-state index is 14.7. The molecule has 0 bridgehead atoms. The SMILES string of the molecule is Cc1ncc(-c2cc3c(n4cnnc24)NCc2c(F)ccc4c2[C@@H](CO4)CO3)n1C. The summed E-state index contributed by atoms with van der Waals surface area (Å²) in [6.45, 7) is 3.12. The normalized spacial score (nSPS) is 17.2. The Morgan fingerprint density at radius 3 is 2.83 bits per heavy atom. The number of nitrogens with zero attached hydrogens (tertiary/aromatic N) is 5. The van der Waals surface area contributed by atoms with E-state index in [1.54, 1.807) is 12.4 Å². The number of aryl methyl sites for hydroxylation is 1. The summed E-state index contributed by atoms with van der Waals surface area (Å²) in [5.74, 6) is 2.69. The van der Waals surface area contributed by atoms with Crippen LogP contribution < -0.4 is 14.8 Å². The predicted molar refractivity (Wildman–Crippen MR) is 107 cm³/mol. The van der Waals surface area contributed by atoms with Crippen LogP contribution in [0.25, 0.3) is 16.9 Å². The van der Waals surface area contributed by atoms with Crippen molar-refractivity contribution >= 4 is 11.5 Å². The highest BCUT2D eigenvalue weighted by Gasteiger charge is 2.31. The molecule has 0 saturated carbocycles. The number of fused-ring (bicyclic) bond motifs is 3. The molecule has 0 saturated heterocycles. The van der Waals surface area contributed by atoms with Crippen molar-refractivity contribution in [3.05, 3.63) is 53.5 Å². The van der Waals surface area contributed by atoms with Crippen molar-refractivity contribution in [1.29, 1.82) is 0 Å². The number of hydrogen-bond donors (Lipinski definition) is 1. The third kappa shape index (κ3) is 2.35. The van der Waals surface area contributed by atoms with Crippen LogP contribution in [0, 0.1) is 12.7 Å². The topological polar surface area (TPSA) is 78.5 Å². The van der Waals surface area contributed by atoms with Crippen molar-refractivity contribution in [2.75, 3.05) is 18.5 Å². The number of anilines is 1. The first kappa shape index (κ1) is 17.3. The van der Waals surface area contributed by atoms with Gasteiger partial charge in [-0.25, -0.2) is 9.37 Å². The van der Waals surface area contributed by atoms with E-state index in [0.29, 0.717) is 42.5 Å². The van der Waals surface area contributed by atoms with Crippen LogP contribution in [-0.4, -0.2) is 37.4 Å². The number of halogens is 1. The molecule has 3 aromatic heterocycles. The van der Waals surface area contributed by atoms with Crippen molar-refractivity contribution < 1.29 is 13.9 Å². The monoisotopic (exact) mass is 406 g/mol. The summed E-state index contributed by atoms with van der Waals surface area (Å²) >= 11 is 0. The summed E-state index contributed by atoms with van der Waals surface area (Å²) in [6.07, 6.45) is 3.45. The van der Waals surface area contributed by atoms with Crippen molar-refractivity contribution in [2.24, 2.45) is 7.05 Å². The molecule has 6 rings (SSSR count). The molecule has 1 N–H and O–H groups in total. The Kier molecular flexibility index (Phi) is 3.56. The quantitative estimate of drug-likeness (QED) is 0.524. The molecule has 30 heavy (non-hydrogen) atoms. The smallest absolute Gasteiger partial charge is 0.171 e. The van der Waals surface area contributed by atoms with Crippen molar-refractivity contribution in [3.63, 3.8) is 0 Å². The number of hydrogen-bond acceptors (Lipinski definition) is 6. The van der Waals surface area contributed by atoms with Gasteiger partial charge in [0.2, 0.25) is 0 Å². The van der Waals surface area contributed by atoms with Crippen molar-refractivity contribution in [3.8, 4) is 22.8 Å². The minimum Gasteiger partial charge on any atom is -0.493 e. The molecular weight excluding hydrogens is 387 g/mol. The van der Waals surface area contributed by atoms with Gasteiger partial charge >= 0.3 is 0 Å². The van der Waals surface area contributed by atoms with Crippen LogP contribution in [0.3, 0.4) is 0 Å². The molecule has 0 aliphatic carbocycles. The van der Waals surface area contributed by atoms with Crippen LogP contribution in [0.4, 0.5) is 10.2 Å². The Hall–Kier alpha value is -3.62. The van der Waals surface area contributed by atoms with E-state index in [-0.39, 0.29) is 11.7 Å². The van der Waals surface area contributed by atoms with E-state index < -0.39 is 0 Å². The molecule has 8 nitrogen and oxygen atoms in total. The van der Waals surface area contributed by atoms with Crippen LogP contribution in [0.5, 0.6) is 11.5 Å². The largest absolute Gasteiger partial charge is 0.493 e. The van der Waals surface area contributed by atoms with Crippen LogP contribution in [0.15, 0.2) is 30.7 Å². The van der Waals surface area contributed by atoms with Crippen molar-refractivity contribution in [2.45, 2.75) is 19.4 Å². The summed E-state index contributed by atoms with van der Waals surface area (Å²) in [4.78, 5) is 4.40. The number of aromatic nitrogens is 5. The molecule has 0 radical (unpaired) electrons. The maximum atomic E-state index is 14.7. The van der Waals surface area contributed by atoms with Gasteiger partial charge in [-0.3, -0.25) is 4.40 Å². The molecule has 152 valence electrons. The number of imidazole rings is 1. The molecule has 5 heterocycles. The van der Waals surface area contributed by atoms with Gasteiger partial charge in [-0.1, -0.05) is 0 Å². The Bertz CT molecular complexity index is 1310. The zero-order valence-corrected chi connectivity index (χ0v) is 16.5. The van der Waals surface area contributed by atoms with E-state index >= 15 is 0 Å². The van der Waals surface area contributed by atoms with Gasteiger partial charge in [-0.15, -0.1) is 10.2 Å². The lowest BCUT2D eigenvalue weighted by molar-refractivity contribution is 0.249. The molecule has 0 fully saturated rings. The summed E-state index contributed by atoms with van der Waals surface area (Å²) < 4.78 is 30.6. The molecule has 0 unspecified atom stereocenters. The average molecular weight is 406 g/mol. The first-order valence-corrected chi connectivity index (χ1v) is 9.78. The Morgan fingerprint density at radius 1 is 1.20 bits per heavy atom. The van der Waals surface area contributed by atoms with Crippen LogP contribution in [-0.2, 0) is 13.6 Å². The van der Waals surface area contributed by atoms with Crippen molar-refractivity contribution in [1.82, 2.24) is 24.1 Å². The van der Waals surface area contributed by atoms with Gasteiger partial charge in [-0.2, -0.15) is 0 Å². The fraction of sp³-hybridized carbons (Fsp3) is 0.286. The molecule has 9 heteroatoms. The van der Waals surface area contributed by atoms with Crippen LogP contribution in [0.1, 0.15) is 22.9 Å². The summed E-state index contributed by atoms with van der Waals surface area (Å²) in [6, 6.07) is 5.10. The van der Waals surface area contributed by atoms with Crippen LogP contribution in [0.2, 0.25) is 0 Å². The summed E-state index contributed by atoms with van der Waals surface area (Å²) in [5.41, 5.74) is 3.95. The van der Waals surface area contributed by atoms with Gasteiger partial charge in [0, 0.05) is 30.3 Å². The number of rotatable bonds is 1. The third-order valence-corrected chi connectivity index (χ3v) is 6.02. The van der Waals surface area contributed by atoms with E-state index in [1.807, 2.05) is 35.2 Å². The fourth-order valence-corrected chi connectivity index (χ4v) is 4.33.